The van der Waals surface area contributed by atoms with E-state index in [1.54, 1.807) is 24.5 Å². The van der Waals surface area contributed by atoms with Gasteiger partial charge in [-0.1, -0.05) is 12.1 Å². The smallest absolute Gasteiger partial charge is 0.0886 e. The normalized spacial score (nSPS) is 10.4. The molecule has 0 fully saturated rings. The SMILES string of the molecule is O.[2H]c1cccc2nccnc12. The highest BCUT2D eigenvalue weighted by Gasteiger charge is 1.88. The molecule has 0 spiro atoms. The number of fused-ring (bicyclic) bond motifs is 1. The van der Waals surface area contributed by atoms with Crippen molar-refractivity contribution in [3.63, 3.8) is 0 Å². The van der Waals surface area contributed by atoms with Gasteiger partial charge in [-0.25, -0.2) is 0 Å². The summed E-state index contributed by atoms with van der Waals surface area (Å²) in [5, 5.41) is 0. The van der Waals surface area contributed by atoms with Crippen LogP contribution >= 0.6 is 0 Å². The topological polar surface area (TPSA) is 57.3 Å². The molecule has 3 heteroatoms. The van der Waals surface area contributed by atoms with Gasteiger partial charge in [0.1, 0.15) is 0 Å². The maximum absolute atomic E-state index is 7.46. The minimum atomic E-state index is 0. The fourth-order valence-corrected chi connectivity index (χ4v) is 0.848. The highest BCUT2D eigenvalue weighted by atomic mass is 16.0. The summed E-state index contributed by atoms with van der Waals surface area (Å²) in [5.74, 6) is 0. The van der Waals surface area contributed by atoms with Gasteiger partial charge in [0.05, 0.1) is 12.4 Å². The Kier molecular flexibility index (Phi) is 1.74. The molecule has 0 aliphatic carbocycles. The lowest BCUT2D eigenvalue weighted by Crippen LogP contribution is -1.78. The van der Waals surface area contributed by atoms with Crippen LogP contribution in [0.4, 0.5) is 0 Å². The zero-order valence-electron chi connectivity index (χ0n) is 6.78. The summed E-state index contributed by atoms with van der Waals surface area (Å²) in [6.07, 6.45) is 3.22. The van der Waals surface area contributed by atoms with Gasteiger partial charge in [-0.15, -0.1) is 0 Å². The highest BCUT2D eigenvalue weighted by Crippen LogP contribution is 2.04. The fraction of sp³-hybridized carbons (Fsp3) is 0. The van der Waals surface area contributed by atoms with Crippen molar-refractivity contribution in [3.05, 3.63) is 36.6 Å². The Hall–Kier alpha value is -1.48. The van der Waals surface area contributed by atoms with Crippen LogP contribution in [0.1, 0.15) is 1.37 Å². The van der Waals surface area contributed by atoms with E-state index in [-0.39, 0.29) is 5.48 Å². The molecule has 0 saturated carbocycles. The predicted molar refractivity (Wildman–Crippen MR) is 43.2 cm³/mol. The van der Waals surface area contributed by atoms with Gasteiger partial charge in [0.25, 0.3) is 0 Å². The average Bonchev–Trinajstić information content (AvgIpc) is 2.06. The minimum Gasteiger partial charge on any atom is -0.412 e. The van der Waals surface area contributed by atoms with Gasteiger partial charge in [-0.3, -0.25) is 9.97 Å². The largest absolute Gasteiger partial charge is 0.412 e. The zero-order valence-corrected chi connectivity index (χ0v) is 5.78. The van der Waals surface area contributed by atoms with Crippen LogP contribution in [-0.4, -0.2) is 15.4 Å². The number of hydrogen-bond donors (Lipinski definition) is 0. The summed E-state index contributed by atoms with van der Waals surface area (Å²) in [7, 11) is 0. The van der Waals surface area contributed by atoms with Crippen LogP contribution in [0.15, 0.2) is 36.6 Å². The van der Waals surface area contributed by atoms with Crippen LogP contribution in [0.2, 0.25) is 0 Å². The van der Waals surface area contributed by atoms with Crippen molar-refractivity contribution in [1.82, 2.24) is 9.97 Å². The summed E-state index contributed by atoms with van der Waals surface area (Å²) in [6.45, 7) is 0. The molecule has 2 aromatic rings. The van der Waals surface area contributed by atoms with E-state index in [1.807, 2.05) is 6.07 Å². The Balaban J connectivity index is 0.000000720. The first-order valence-electron chi connectivity index (χ1n) is 3.54. The standard InChI is InChI=1S/C8H6N2.H2O/c1-2-4-8-7(3-1)9-5-6-10-8;/h1-6H;1H2/i3D;. The molecule has 0 unspecified atom stereocenters. The maximum Gasteiger partial charge on any atom is 0.0886 e. The Morgan fingerprint density at radius 3 is 2.55 bits per heavy atom. The Morgan fingerprint density at radius 2 is 1.82 bits per heavy atom. The van der Waals surface area contributed by atoms with E-state index in [9.17, 15) is 0 Å². The monoisotopic (exact) mass is 149 g/mol. The second-order valence-corrected chi connectivity index (χ2v) is 1.96. The van der Waals surface area contributed by atoms with E-state index in [2.05, 4.69) is 9.97 Å². The second kappa shape index (κ2) is 3.07. The lowest BCUT2D eigenvalue weighted by molar-refractivity contribution is 0.824. The van der Waals surface area contributed by atoms with E-state index < -0.39 is 0 Å². The molecule has 0 radical (unpaired) electrons. The van der Waals surface area contributed by atoms with Gasteiger partial charge in [0, 0.05) is 12.4 Å². The lowest BCUT2D eigenvalue weighted by Gasteiger charge is -1.90. The third-order valence-corrected chi connectivity index (χ3v) is 1.30. The van der Waals surface area contributed by atoms with Crippen molar-refractivity contribution in [2.45, 2.75) is 0 Å². The first-order valence-corrected chi connectivity index (χ1v) is 3.04. The van der Waals surface area contributed by atoms with Crippen molar-refractivity contribution in [1.29, 1.82) is 0 Å². The zero-order chi connectivity index (χ0) is 7.68. The Labute approximate surface area is 65.4 Å². The molecule has 11 heavy (non-hydrogen) atoms. The highest BCUT2D eigenvalue weighted by molar-refractivity contribution is 5.72. The Morgan fingerprint density at radius 1 is 1.09 bits per heavy atom. The maximum atomic E-state index is 7.46. The van der Waals surface area contributed by atoms with E-state index in [0.29, 0.717) is 11.6 Å². The molecule has 0 atom stereocenters. The third kappa shape index (κ3) is 1.33. The van der Waals surface area contributed by atoms with Crippen molar-refractivity contribution in [2.24, 2.45) is 0 Å². The fourth-order valence-electron chi connectivity index (χ4n) is 0.848. The summed E-state index contributed by atoms with van der Waals surface area (Å²) in [5.41, 5.74) is 1.44. The van der Waals surface area contributed by atoms with Crippen molar-refractivity contribution in [3.8, 4) is 0 Å². The molecule has 0 aliphatic rings. The number of para-hydroxylation sites is 2. The first kappa shape index (κ1) is 6.24. The summed E-state index contributed by atoms with van der Waals surface area (Å²) in [4.78, 5) is 8.09. The van der Waals surface area contributed by atoms with Gasteiger partial charge in [0.15, 0.2) is 0 Å². The number of rotatable bonds is 0. The number of hydrogen-bond acceptors (Lipinski definition) is 2. The molecule has 3 nitrogen and oxygen atoms in total. The van der Waals surface area contributed by atoms with Crippen LogP contribution in [0.25, 0.3) is 11.0 Å². The summed E-state index contributed by atoms with van der Waals surface area (Å²) < 4.78 is 7.46. The van der Waals surface area contributed by atoms with Crippen molar-refractivity contribution >= 4 is 11.0 Å². The third-order valence-electron chi connectivity index (χ3n) is 1.30. The van der Waals surface area contributed by atoms with E-state index in [1.165, 1.54) is 0 Å². The molecule has 1 aromatic carbocycles. The van der Waals surface area contributed by atoms with Crippen molar-refractivity contribution < 1.29 is 6.85 Å². The number of nitrogens with zero attached hydrogens (tertiary/aromatic N) is 2. The Bertz CT molecular complexity index is 386. The van der Waals surface area contributed by atoms with Gasteiger partial charge in [0.2, 0.25) is 0 Å². The van der Waals surface area contributed by atoms with Crippen molar-refractivity contribution in [2.75, 3.05) is 0 Å². The van der Waals surface area contributed by atoms with Crippen LogP contribution in [-0.2, 0) is 0 Å². The van der Waals surface area contributed by atoms with Gasteiger partial charge >= 0.3 is 0 Å². The van der Waals surface area contributed by atoms with Gasteiger partial charge in [-0.05, 0) is 12.1 Å². The lowest BCUT2D eigenvalue weighted by atomic mass is 10.3. The minimum absolute atomic E-state index is 0. The second-order valence-electron chi connectivity index (χ2n) is 1.96. The molecule has 1 aromatic heterocycles. The quantitative estimate of drug-likeness (QED) is 0.556. The molecule has 0 amide bonds. The molecular formula is C8H8N2O. The predicted octanol–water partition coefficient (Wildman–Crippen LogP) is 0.805. The van der Waals surface area contributed by atoms with Crippen LogP contribution in [0.5, 0.6) is 0 Å². The molecule has 0 aliphatic heterocycles. The molecule has 56 valence electrons. The summed E-state index contributed by atoms with van der Waals surface area (Å²) in [6, 6.07) is 5.78. The van der Waals surface area contributed by atoms with Crippen LogP contribution in [0, 0.1) is 0 Å². The first-order chi connectivity index (χ1) is 5.38. The molecular weight excluding hydrogens is 140 g/mol. The van der Waals surface area contributed by atoms with E-state index in [4.69, 9.17) is 1.37 Å². The average molecular weight is 149 g/mol. The molecule has 2 rings (SSSR count). The van der Waals surface area contributed by atoms with Gasteiger partial charge in [-0.2, -0.15) is 0 Å². The van der Waals surface area contributed by atoms with E-state index >= 15 is 0 Å². The number of aromatic nitrogens is 2. The molecule has 0 bridgehead atoms. The summed E-state index contributed by atoms with van der Waals surface area (Å²) >= 11 is 0. The van der Waals surface area contributed by atoms with E-state index in [0.717, 1.165) is 5.52 Å². The molecule has 0 saturated heterocycles. The number of benzene rings is 1. The van der Waals surface area contributed by atoms with Crippen LogP contribution < -0.4 is 0 Å². The van der Waals surface area contributed by atoms with Crippen LogP contribution in [0.3, 0.4) is 0 Å². The van der Waals surface area contributed by atoms with Gasteiger partial charge < -0.3 is 5.48 Å². The molecule has 2 N–H and O–H groups in total. The molecule has 1 heterocycles.